The summed E-state index contributed by atoms with van der Waals surface area (Å²) in [5.41, 5.74) is 1.50. The molecule has 8 nitrogen and oxygen atoms in total. The molecule has 0 aliphatic carbocycles. The number of nitrogens with zero attached hydrogens (tertiary/aromatic N) is 3. The maximum Gasteiger partial charge on any atom is 0.230 e. The van der Waals surface area contributed by atoms with Gasteiger partial charge in [0.2, 0.25) is 11.8 Å². The highest BCUT2D eigenvalue weighted by molar-refractivity contribution is 6.35. The Labute approximate surface area is 200 Å². The first-order valence-corrected chi connectivity index (χ1v) is 11.2. The van der Waals surface area contributed by atoms with Gasteiger partial charge in [0.15, 0.2) is 11.5 Å². The Morgan fingerprint density at radius 2 is 1.91 bits per heavy atom. The summed E-state index contributed by atoms with van der Waals surface area (Å²) in [6, 6.07) is 12.3. The number of rotatable bonds is 5. The van der Waals surface area contributed by atoms with Crippen LogP contribution in [0, 0.1) is 5.92 Å². The van der Waals surface area contributed by atoms with Crippen molar-refractivity contribution in [2.45, 2.75) is 13.0 Å². The summed E-state index contributed by atoms with van der Waals surface area (Å²) in [7, 11) is 0. The molecule has 2 aromatic carbocycles. The van der Waals surface area contributed by atoms with Crippen LogP contribution in [0.4, 0.5) is 11.5 Å². The molecule has 2 aliphatic rings. The topological polar surface area (TPSA) is 85.7 Å². The van der Waals surface area contributed by atoms with Gasteiger partial charge in [0, 0.05) is 40.8 Å². The molecule has 3 heterocycles. The summed E-state index contributed by atoms with van der Waals surface area (Å²) in [6.45, 7) is 1.61. The second kappa shape index (κ2) is 8.96. The zero-order chi connectivity index (χ0) is 22.9. The number of fused-ring (bicyclic) bond motifs is 1. The van der Waals surface area contributed by atoms with E-state index in [1.165, 1.54) is 0 Å². The number of carbonyl (C=O) groups is 2. The van der Waals surface area contributed by atoms with Crippen molar-refractivity contribution >= 4 is 46.5 Å². The molecule has 2 aliphatic heterocycles. The van der Waals surface area contributed by atoms with Gasteiger partial charge in [0.1, 0.15) is 19.0 Å². The minimum atomic E-state index is -0.492. The van der Waals surface area contributed by atoms with Crippen LogP contribution in [0.25, 0.3) is 0 Å². The van der Waals surface area contributed by atoms with Crippen LogP contribution in [0.3, 0.4) is 0 Å². The third-order valence-electron chi connectivity index (χ3n) is 5.64. The first-order valence-electron chi connectivity index (χ1n) is 10.4. The van der Waals surface area contributed by atoms with Crippen molar-refractivity contribution in [1.29, 1.82) is 0 Å². The molecule has 5 rings (SSSR count). The maximum atomic E-state index is 13.0. The molecule has 0 spiro atoms. The molecule has 1 N–H and O–H groups in total. The van der Waals surface area contributed by atoms with Gasteiger partial charge < -0.3 is 19.7 Å². The van der Waals surface area contributed by atoms with Crippen LogP contribution in [-0.2, 0) is 16.1 Å². The minimum absolute atomic E-state index is 0.117. The van der Waals surface area contributed by atoms with E-state index in [-0.39, 0.29) is 24.8 Å². The quantitative estimate of drug-likeness (QED) is 0.588. The van der Waals surface area contributed by atoms with Gasteiger partial charge >= 0.3 is 0 Å². The Morgan fingerprint density at radius 3 is 2.73 bits per heavy atom. The molecular weight excluding hydrogens is 467 g/mol. The molecule has 3 aromatic rings. The summed E-state index contributed by atoms with van der Waals surface area (Å²) in [5, 5.41) is 8.24. The lowest BCUT2D eigenvalue weighted by molar-refractivity contribution is -0.122. The predicted molar refractivity (Wildman–Crippen MR) is 124 cm³/mol. The first kappa shape index (κ1) is 21.6. The fourth-order valence-corrected chi connectivity index (χ4v) is 4.41. The summed E-state index contributed by atoms with van der Waals surface area (Å²) < 4.78 is 12.8. The Morgan fingerprint density at radius 1 is 1.09 bits per heavy atom. The SMILES string of the molecule is O=C(Nc1ccnn1Cc1ccc(Cl)cc1Cl)[C@H]1CC(=O)N(c2ccc3c(c2)OCCO3)C1. The highest BCUT2D eigenvalue weighted by Gasteiger charge is 2.36. The Bertz CT molecular complexity index is 1230. The molecule has 1 atom stereocenters. The average Bonchev–Trinajstić information content (AvgIpc) is 3.41. The Balaban J connectivity index is 1.27. The highest BCUT2D eigenvalue weighted by Crippen LogP contribution is 2.36. The molecule has 1 aromatic heterocycles. The van der Waals surface area contributed by atoms with Crippen LogP contribution in [-0.4, -0.2) is 41.4 Å². The summed E-state index contributed by atoms with van der Waals surface area (Å²) in [6.07, 6.45) is 1.72. The lowest BCUT2D eigenvalue weighted by Crippen LogP contribution is -2.29. The maximum absolute atomic E-state index is 13.0. The smallest absolute Gasteiger partial charge is 0.230 e. The number of carbonyl (C=O) groups excluding carboxylic acids is 2. The van der Waals surface area contributed by atoms with Crippen molar-refractivity contribution in [1.82, 2.24) is 9.78 Å². The van der Waals surface area contributed by atoms with Crippen LogP contribution in [0.5, 0.6) is 11.5 Å². The van der Waals surface area contributed by atoms with Crippen LogP contribution < -0.4 is 19.7 Å². The van der Waals surface area contributed by atoms with E-state index in [9.17, 15) is 9.59 Å². The van der Waals surface area contributed by atoms with Gasteiger partial charge in [-0.3, -0.25) is 9.59 Å². The van der Waals surface area contributed by atoms with E-state index in [1.807, 2.05) is 6.07 Å². The van der Waals surface area contributed by atoms with Crippen LogP contribution in [0.2, 0.25) is 10.0 Å². The molecule has 1 saturated heterocycles. The third-order valence-corrected chi connectivity index (χ3v) is 6.22. The second-order valence-electron chi connectivity index (χ2n) is 7.83. The lowest BCUT2D eigenvalue weighted by atomic mass is 10.1. The number of aromatic nitrogens is 2. The van der Waals surface area contributed by atoms with E-state index in [2.05, 4.69) is 10.4 Å². The number of benzene rings is 2. The van der Waals surface area contributed by atoms with Gasteiger partial charge in [-0.1, -0.05) is 29.3 Å². The monoisotopic (exact) mass is 486 g/mol. The number of hydrogen-bond acceptors (Lipinski definition) is 5. The summed E-state index contributed by atoms with van der Waals surface area (Å²) in [5.74, 6) is 0.925. The van der Waals surface area contributed by atoms with Crippen molar-refractivity contribution in [2.24, 2.45) is 5.92 Å². The zero-order valence-electron chi connectivity index (χ0n) is 17.5. The van der Waals surface area contributed by atoms with Crippen LogP contribution in [0.1, 0.15) is 12.0 Å². The van der Waals surface area contributed by atoms with Crippen molar-refractivity contribution in [3.8, 4) is 11.5 Å². The fourth-order valence-electron chi connectivity index (χ4n) is 3.94. The van der Waals surface area contributed by atoms with E-state index in [0.717, 1.165) is 5.56 Å². The van der Waals surface area contributed by atoms with Crippen molar-refractivity contribution in [3.05, 3.63) is 64.3 Å². The molecule has 33 heavy (non-hydrogen) atoms. The zero-order valence-corrected chi connectivity index (χ0v) is 19.0. The fraction of sp³-hybridized carbons (Fsp3) is 0.261. The molecular formula is C23H20Cl2N4O4. The van der Waals surface area contributed by atoms with Gasteiger partial charge in [0.25, 0.3) is 0 Å². The third kappa shape index (κ3) is 4.49. The Hall–Kier alpha value is -3.23. The Kier molecular flexibility index (Phi) is 5.86. The number of amides is 2. The van der Waals surface area contributed by atoms with Gasteiger partial charge in [-0.05, 0) is 29.8 Å². The van der Waals surface area contributed by atoms with Gasteiger partial charge in [-0.2, -0.15) is 5.10 Å². The standard InChI is InChI=1S/C23H20Cl2N4O4/c24-16-2-1-14(18(25)10-16)13-29-21(5-6-26-29)27-23(31)15-9-22(30)28(12-15)17-3-4-19-20(11-17)33-8-7-32-19/h1-6,10-11,15H,7-9,12-13H2,(H,27,31)/t15-/m0/s1. The largest absolute Gasteiger partial charge is 0.486 e. The van der Waals surface area contributed by atoms with Crippen LogP contribution >= 0.6 is 23.2 Å². The number of halogens is 2. The molecule has 0 unspecified atom stereocenters. The average molecular weight is 487 g/mol. The number of hydrogen-bond donors (Lipinski definition) is 1. The summed E-state index contributed by atoms with van der Waals surface area (Å²) >= 11 is 12.2. The van der Waals surface area contributed by atoms with Crippen molar-refractivity contribution in [3.63, 3.8) is 0 Å². The molecule has 0 bridgehead atoms. The van der Waals surface area contributed by atoms with E-state index in [1.54, 1.807) is 52.2 Å². The number of nitrogens with one attached hydrogen (secondary N) is 1. The van der Waals surface area contributed by atoms with Gasteiger partial charge in [-0.25, -0.2) is 4.68 Å². The van der Waals surface area contributed by atoms with Gasteiger partial charge in [0.05, 0.1) is 18.7 Å². The minimum Gasteiger partial charge on any atom is -0.486 e. The predicted octanol–water partition coefficient (Wildman–Crippen LogP) is 4.00. The molecule has 2 amide bonds. The highest BCUT2D eigenvalue weighted by atomic mass is 35.5. The molecule has 10 heteroatoms. The van der Waals surface area contributed by atoms with Crippen molar-refractivity contribution < 1.29 is 19.1 Å². The normalized spacial score (nSPS) is 17.3. The molecule has 170 valence electrons. The number of anilines is 2. The first-order chi connectivity index (χ1) is 16.0. The van der Waals surface area contributed by atoms with Gasteiger partial charge in [-0.15, -0.1) is 0 Å². The number of ether oxygens (including phenoxy) is 2. The summed E-state index contributed by atoms with van der Waals surface area (Å²) in [4.78, 5) is 27.2. The molecule has 1 fully saturated rings. The molecule has 0 radical (unpaired) electrons. The van der Waals surface area contributed by atoms with E-state index in [0.29, 0.717) is 52.8 Å². The van der Waals surface area contributed by atoms with Crippen molar-refractivity contribution in [2.75, 3.05) is 30.0 Å². The van der Waals surface area contributed by atoms with Crippen LogP contribution in [0.15, 0.2) is 48.7 Å². The molecule has 0 saturated carbocycles. The van der Waals surface area contributed by atoms with E-state index >= 15 is 0 Å². The van der Waals surface area contributed by atoms with E-state index in [4.69, 9.17) is 32.7 Å². The van der Waals surface area contributed by atoms with E-state index < -0.39 is 5.92 Å². The lowest BCUT2D eigenvalue weighted by Gasteiger charge is -2.22. The second-order valence-corrected chi connectivity index (χ2v) is 8.68.